The Bertz CT molecular complexity index is 1060. The largest absolute Gasteiger partial charge is 0.467 e. The molecular weight excluding hydrogens is 392 g/mol. The highest BCUT2D eigenvalue weighted by Crippen LogP contribution is 2.20. The van der Waals surface area contributed by atoms with Crippen LogP contribution in [-0.2, 0) is 20.7 Å². The van der Waals surface area contributed by atoms with Crippen LogP contribution in [0.4, 0.5) is 5.69 Å². The second-order valence-corrected chi connectivity index (χ2v) is 7.08. The van der Waals surface area contributed by atoms with Gasteiger partial charge in [0.05, 0.1) is 7.11 Å². The molecule has 0 fully saturated rings. The Kier molecular flexibility index (Phi) is 7.17. The topological polar surface area (TPSA) is 84.5 Å². The third kappa shape index (κ3) is 6.02. The van der Waals surface area contributed by atoms with Crippen molar-refractivity contribution in [3.8, 4) is 11.1 Å². The molecule has 0 aliphatic rings. The second-order valence-electron chi connectivity index (χ2n) is 7.08. The summed E-state index contributed by atoms with van der Waals surface area (Å²) in [6.07, 6.45) is 0.291. The number of rotatable bonds is 7. The molecule has 0 saturated carbocycles. The summed E-state index contributed by atoms with van der Waals surface area (Å²) in [5, 5.41) is 5.37. The third-order valence-electron chi connectivity index (χ3n) is 4.74. The van der Waals surface area contributed by atoms with Crippen LogP contribution in [0.1, 0.15) is 22.8 Å². The second kappa shape index (κ2) is 10.2. The summed E-state index contributed by atoms with van der Waals surface area (Å²) in [5.41, 5.74) is 3.90. The molecule has 6 heteroatoms. The van der Waals surface area contributed by atoms with E-state index in [2.05, 4.69) is 10.6 Å². The molecule has 1 atom stereocenters. The quantitative estimate of drug-likeness (QED) is 0.574. The van der Waals surface area contributed by atoms with Gasteiger partial charge >= 0.3 is 5.97 Å². The van der Waals surface area contributed by atoms with Crippen molar-refractivity contribution in [1.29, 1.82) is 0 Å². The monoisotopic (exact) mass is 416 g/mol. The van der Waals surface area contributed by atoms with Gasteiger partial charge in [-0.2, -0.15) is 0 Å². The number of carbonyl (C=O) groups excluding carboxylic acids is 3. The minimum atomic E-state index is -0.843. The minimum Gasteiger partial charge on any atom is -0.467 e. The molecule has 0 radical (unpaired) electrons. The van der Waals surface area contributed by atoms with Gasteiger partial charge in [0.1, 0.15) is 6.04 Å². The average molecular weight is 416 g/mol. The van der Waals surface area contributed by atoms with Crippen LogP contribution in [0.3, 0.4) is 0 Å². The van der Waals surface area contributed by atoms with Crippen LogP contribution in [-0.4, -0.2) is 30.9 Å². The molecule has 2 amide bonds. The Morgan fingerprint density at radius 3 is 2.19 bits per heavy atom. The molecule has 0 spiro atoms. The maximum absolute atomic E-state index is 12.7. The molecule has 3 aromatic carbocycles. The van der Waals surface area contributed by atoms with Crippen LogP contribution < -0.4 is 10.6 Å². The van der Waals surface area contributed by atoms with E-state index in [4.69, 9.17) is 4.74 Å². The maximum Gasteiger partial charge on any atom is 0.328 e. The van der Waals surface area contributed by atoms with E-state index in [1.165, 1.54) is 14.0 Å². The van der Waals surface area contributed by atoms with Crippen LogP contribution in [0.25, 0.3) is 11.1 Å². The van der Waals surface area contributed by atoms with Crippen molar-refractivity contribution in [2.75, 3.05) is 12.4 Å². The molecule has 0 heterocycles. The van der Waals surface area contributed by atoms with Gasteiger partial charge in [-0.25, -0.2) is 4.79 Å². The van der Waals surface area contributed by atoms with E-state index in [-0.39, 0.29) is 5.91 Å². The predicted molar refractivity (Wildman–Crippen MR) is 120 cm³/mol. The molecule has 6 nitrogen and oxygen atoms in total. The molecule has 0 aliphatic heterocycles. The summed E-state index contributed by atoms with van der Waals surface area (Å²) in [5.74, 6) is -1.19. The lowest BCUT2D eigenvalue weighted by atomic mass is 10.0. The van der Waals surface area contributed by atoms with E-state index in [0.29, 0.717) is 17.7 Å². The molecule has 0 saturated heterocycles. The first-order chi connectivity index (χ1) is 15.0. The van der Waals surface area contributed by atoms with Crippen molar-refractivity contribution in [3.05, 3.63) is 90.0 Å². The lowest BCUT2D eigenvalue weighted by Gasteiger charge is -2.17. The van der Waals surface area contributed by atoms with E-state index in [0.717, 1.165) is 16.7 Å². The number of methoxy groups -OCH3 is 1. The smallest absolute Gasteiger partial charge is 0.328 e. The van der Waals surface area contributed by atoms with Gasteiger partial charge < -0.3 is 15.4 Å². The first-order valence-corrected chi connectivity index (χ1v) is 9.87. The first kappa shape index (κ1) is 21.8. The highest BCUT2D eigenvalue weighted by atomic mass is 16.5. The molecule has 158 valence electrons. The molecule has 0 unspecified atom stereocenters. The Morgan fingerprint density at radius 1 is 0.871 bits per heavy atom. The van der Waals surface area contributed by atoms with Gasteiger partial charge in [-0.15, -0.1) is 0 Å². The third-order valence-corrected chi connectivity index (χ3v) is 4.74. The maximum atomic E-state index is 12.7. The number of esters is 1. The van der Waals surface area contributed by atoms with Crippen molar-refractivity contribution < 1.29 is 19.1 Å². The van der Waals surface area contributed by atoms with E-state index in [9.17, 15) is 14.4 Å². The summed E-state index contributed by atoms with van der Waals surface area (Å²) in [4.78, 5) is 36.2. The minimum absolute atomic E-state index is 0.232. The first-order valence-electron chi connectivity index (χ1n) is 9.87. The molecule has 0 aliphatic carbocycles. The standard InChI is InChI=1S/C25H24N2O4/c1-17(28)26-22-10-6-9-21(16-22)24(29)27-23(25(30)31-2)15-18-11-13-20(14-12-18)19-7-4-3-5-8-19/h3-14,16,23H,15H2,1-2H3,(H,26,28)(H,27,29)/t23-/m1/s1. The zero-order valence-corrected chi connectivity index (χ0v) is 17.4. The van der Waals surface area contributed by atoms with Gasteiger partial charge in [0.15, 0.2) is 0 Å². The zero-order chi connectivity index (χ0) is 22.2. The molecule has 0 bridgehead atoms. The fraction of sp³-hybridized carbons (Fsp3) is 0.160. The number of anilines is 1. The summed E-state index contributed by atoms with van der Waals surface area (Å²) >= 11 is 0. The molecule has 3 aromatic rings. The van der Waals surface area contributed by atoms with Gasteiger partial charge in [-0.05, 0) is 34.9 Å². The number of benzene rings is 3. The van der Waals surface area contributed by atoms with Crippen LogP contribution >= 0.6 is 0 Å². The van der Waals surface area contributed by atoms with Gasteiger partial charge in [-0.3, -0.25) is 9.59 Å². The Balaban J connectivity index is 1.73. The van der Waals surface area contributed by atoms with Crippen LogP contribution in [0, 0.1) is 0 Å². The normalized spacial score (nSPS) is 11.3. The van der Waals surface area contributed by atoms with E-state index in [1.807, 2.05) is 54.6 Å². The average Bonchev–Trinajstić information content (AvgIpc) is 2.79. The van der Waals surface area contributed by atoms with Gasteiger partial charge in [0.25, 0.3) is 5.91 Å². The summed E-state index contributed by atoms with van der Waals surface area (Å²) in [6.45, 7) is 1.39. The van der Waals surface area contributed by atoms with Crippen molar-refractivity contribution in [2.45, 2.75) is 19.4 Å². The number of hydrogen-bond donors (Lipinski definition) is 2. The lowest BCUT2D eigenvalue weighted by Crippen LogP contribution is -2.43. The van der Waals surface area contributed by atoms with Crippen LogP contribution in [0.2, 0.25) is 0 Å². The summed E-state index contributed by atoms with van der Waals surface area (Å²) < 4.78 is 4.88. The van der Waals surface area contributed by atoms with Gasteiger partial charge in [-0.1, -0.05) is 60.7 Å². The molecule has 3 rings (SSSR count). The predicted octanol–water partition coefficient (Wildman–Crippen LogP) is 3.83. The Hall–Kier alpha value is -3.93. The highest BCUT2D eigenvalue weighted by molar-refractivity contribution is 5.98. The van der Waals surface area contributed by atoms with Gasteiger partial charge in [0.2, 0.25) is 5.91 Å². The van der Waals surface area contributed by atoms with E-state index >= 15 is 0 Å². The SMILES string of the molecule is COC(=O)[C@@H](Cc1ccc(-c2ccccc2)cc1)NC(=O)c1cccc(NC(C)=O)c1. The lowest BCUT2D eigenvalue weighted by molar-refractivity contribution is -0.142. The summed E-state index contributed by atoms with van der Waals surface area (Å²) in [7, 11) is 1.29. The Labute approximate surface area is 181 Å². The van der Waals surface area contributed by atoms with Crippen LogP contribution in [0.15, 0.2) is 78.9 Å². The number of hydrogen-bond acceptors (Lipinski definition) is 4. The summed E-state index contributed by atoms with van der Waals surface area (Å²) in [6, 6.07) is 23.5. The van der Waals surface area contributed by atoms with Crippen molar-refractivity contribution in [2.24, 2.45) is 0 Å². The van der Waals surface area contributed by atoms with Crippen molar-refractivity contribution in [3.63, 3.8) is 0 Å². The highest BCUT2D eigenvalue weighted by Gasteiger charge is 2.23. The molecule has 31 heavy (non-hydrogen) atoms. The Morgan fingerprint density at radius 2 is 1.55 bits per heavy atom. The fourth-order valence-corrected chi connectivity index (χ4v) is 3.22. The fourth-order valence-electron chi connectivity index (χ4n) is 3.22. The molecular formula is C25H24N2O4. The molecule has 2 N–H and O–H groups in total. The number of nitrogens with one attached hydrogen (secondary N) is 2. The van der Waals surface area contributed by atoms with E-state index < -0.39 is 17.9 Å². The van der Waals surface area contributed by atoms with E-state index in [1.54, 1.807) is 24.3 Å². The number of amides is 2. The number of carbonyl (C=O) groups is 3. The molecule has 0 aromatic heterocycles. The van der Waals surface area contributed by atoms with Crippen molar-refractivity contribution >= 4 is 23.5 Å². The van der Waals surface area contributed by atoms with Crippen LogP contribution in [0.5, 0.6) is 0 Å². The zero-order valence-electron chi connectivity index (χ0n) is 17.4. The number of ether oxygens (including phenoxy) is 1. The van der Waals surface area contributed by atoms with Crippen molar-refractivity contribution in [1.82, 2.24) is 5.32 Å². The van der Waals surface area contributed by atoms with Gasteiger partial charge in [0, 0.05) is 24.6 Å².